The van der Waals surface area contributed by atoms with E-state index in [-0.39, 0.29) is 0 Å². The van der Waals surface area contributed by atoms with Crippen LogP contribution in [-0.2, 0) is 20.0 Å². The lowest BCUT2D eigenvalue weighted by Gasteiger charge is -2.34. The number of aryl methyl sites for hydroxylation is 1. The minimum Gasteiger partial charge on any atom is -0.497 e. The summed E-state index contributed by atoms with van der Waals surface area (Å²) in [6.07, 6.45) is 3.73. The van der Waals surface area contributed by atoms with Gasteiger partial charge >= 0.3 is 0 Å². The Labute approximate surface area is 180 Å². The molecular formula is C25H34N4O. The van der Waals surface area contributed by atoms with Gasteiger partial charge in [0.1, 0.15) is 11.6 Å². The molecule has 1 saturated heterocycles. The van der Waals surface area contributed by atoms with Crippen molar-refractivity contribution in [3.05, 3.63) is 59.9 Å². The molecule has 4 rings (SSSR count). The molecular weight excluding hydrogens is 372 g/mol. The summed E-state index contributed by atoms with van der Waals surface area (Å²) >= 11 is 0. The van der Waals surface area contributed by atoms with Crippen LogP contribution in [0.25, 0.3) is 11.0 Å². The summed E-state index contributed by atoms with van der Waals surface area (Å²) in [4.78, 5) is 9.92. The summed E-state index contributed by atoms with van der Waals surface area (Å²) in [6.45, 7) is 5.58. The highest BCUT2D eigenvalue weighted by Crippen LogP contribution is 2.20. The number of benzene rings is 2. The lowest BCUT2D eigenvalue weighted by atomic mass is 9.97. The van der Waals surface area contributed by atoms with Gasteiger partial charge in [-0.3, -0.25) is 4.90 Å². The van der Waals surface area contributed by atoms with Gasteiger partial charge in [0.05, 0.1) is 24.7 Å². The van der Waals surface area contributed by atoms with Crippen molar-refractivity contribution in [1.82, 2.24) is 19.4 Å². The zero-order valence-electron chi connectivity index (χ0n) is 18.6. The van der Waals surface area contributed by atoms with Gasteiger partial charge in [-0.2, -0.15) is 0 Å². The molecule has 3 aromatic rings. The molecule has 1 aromatic heterocycles. The molecule has 0 amide bonds. The summed E-state index contributed by atoms with van der Waals surface area (Å²) in [5.41, 5.74) is 3.69. The van der Waals surface area contributed by atoms with E-state index >= 15 is 0 Å². The van der Waals surface area contributed by atoms with Crippen molar-refractivity contribution >= 4 is 11.0 Å². The molecule has 0 radical (unpaired) electrons. The van der Waals surface area contributed by atoms with Crippen LogP contribution in [0.15, 0.2) is 48.5 Å². The molecule has 1 atom stereocenters. The summed E-state index contributed by atoms with van der Waals surface area (Å²) < 4.78 is 7.49. The number of likely N-dealkylation sites (tertiary alicyclic amines) is 1. The molecule has 30 heavy (non-hydrogen) atoms. The van der Waals surface area contributed by atoms with Crippen LogP contribution in [0.5, 0.6) is 5.75 Å². The number of imidazole rings is 1. The first kappa shape index (κ1) is 20.9. The first-order valence-corrected chi connectivity index (χ1v) is 11.1. The number of ether oxygens (including phenoxy) is 1. The van der Waals surface area contributed by atoms with Gasteiger partial charge in [-0.15, -0.1) is 0 Å². The third-order valence-corrected chi connectivity index (χ3v) is 6.34. The van der Waals surface area contributed by atoms with Gasteiger partial charge in [0.2, 0.25) is 0 Å². The number of aromatic nitrogens is 2. The fraction of sp³-hybridized carbons (Fsp3) is 0.480. The molecule has 0 N–H and O–H groups in total. The monoisotopic (exact) mass is 406 g/mol. The molecule has 2 aromatic carbocycles. The maximum absolute atomic E-state index is 5.26. The SMILES string of the molecule is COc1ccc(CCN2CCC[C@H](CN(C)Cc3nc4ccccc4n3C)C2)cc1. The first-order chi connectivity index (χ1) is 14.6. The Morgan fingerprint density at radius 2 is 1.93 bits per heavy atom. The highest BCUT2D eigenvalue weighted by Gasteiger charge is 2.21. The number of para-hydroxylation sites is 2. The van der Waals surface area contributed by atoms with Crippen LogP contribution in [0.4, 0.5) is 0 Å². The minimum atomic E-state index is 0.731. The van der Waals surface area contributed by atoms with E-state index in [9.17, 15) is 0 Å². The average Bonchev–Trinajstić information content (AvgIpc) is 3.08. The molecule has 5 heteroatoms. The number of rotatable bonds is 8. The second kappa shape index (κ2) is 9.63. The van der Waals surface area contributed by atoms with Crippen molar-refractivity contribution in [3.63, 3.8) is 0 Å². The normalized spacial score (nSPS) is 17.7. The van der Waals surface area contributed by atoms with Crippen LogP contribution in [0.1, 0.15) is 24.2 Å². The van der Waals surface area contributed by atoms with Gasteiger partial charge in [-0.25, -0.2) is 4.98 Å². The Balaban J connectivity index is 1.28. The number of piperidine rings is 1. The molecule has 0 spiro atoms. The molecule has 0 bridgehead atoms. The van der Waals surface area contributed by atoms with E-state index in [4.69, 9.17) is 9.72 Å². The Morgan fingerprint density at radius 1 is 1.13 bits per heavy atom. The Hall–Kier alpha value is -2.37. The van der Waals surface area contributed by atoms with Crippen molar-refractivity contribution in [2.24, 2.45) is 13.0 Å². The molecule has 160 valence electrons. The summed E-state index contributed by atoms with van der Waals surface area (Å²) in [5, 5.41) is 0. The Morgan fingerprint density at radius 3 is 2.70 bits per heavy atom. The molecule has 5 nitrogen and oxygen atoms in total. The van der Waals surface area contributed by atoms with E-state index in [2.05, 4.69) is 77.0 Å². The van der Waals surface area contributed by atoms with Crippen molar-refractivity contribution in [3.8, 4) is 5.75 Å². The minimum absolute atomic E-state index is 0.731. The number of hydrogen-bond acceptors (Lipinski definition) is 4. The molecule has 2 heterocycles. The van der Waals surface area contributed by atoms with E-state index in [1.165, 1.54) is 37.0 Å². The van der Waals surface area contributed by atoms with Crippen LogP contribution in [0.2, 0.25) is 0 Å². The topological polar surface area (TPSA) is 33.5 Å². The van der Waals surface area contributed by atoms with E-state index in [1.807, 2.05) is 0 Å². The fourth-order valence-corrected chi connectivity index (χ4v) is 4.67. The Bertz CT molecular complexity index is 949. The van der Waals surface area contributed by atoms with Crippen molar-refractivity contribution < 1.29 is 4.74 Å². The highest BCUT2D eigenvalue weighted by molar-refractivity contribution is 5.75. The van der Waals surface area contributed by atoms with Gasteiger partial charge in [-0.1, -0.05) is 24.3 Å². The number of fused-ring (bicyclic) bond motifs is 1. The molecule has 1 aliphatic rings. The predicted molar refractivity (Wildman–Crippen MR) is 123 cm³/mol. The zero-order valence-corrected chi connectivity index (χ0v) is 18.6. The Kier molecular flexibility index (Phi) is 6.70. The van der Waals surface area contributed by atoms with Gasteiger partial charge in [0.15, 0.2) is 0 Å². The molecule has 0 unspecified atom stereocenters. The smallest absolute Gasteiger partial charge is 0.123 e. The molecule has 0 aliphatic carbocycles. The lowest BCUT2D eigenvalue weighted by molar-refractivity contribution is 0.141. The van der Waals surface area contributed by atoms with Gasteiger partial charge in [0.25, 0.3) is 0 Å². The van der Waals surface area contributed by atoms with Gasteiger partial charge < -0.3 is 14.2 Å². The van der Waals surface area contributed by atoms with Crippen LogP contribution in [0.3, 0.4) is 0 Å². The van der Waals surface area contributed by atoms with E-state index in [0.717, 1.165) is 49.1 Å². The number of hydrogen-bond donors (Lipinski definition) is 0. The average molecular weight is 407 g/mol. The van der Waals surface area contributed by atoms with Gasteiger partial charge in [0, 0.05) is 26.7 Å². The van der Waals surface area contributed by atoms with E-state index < -0.39 is 0 Å². The highest BCUT2D eigenvalue weighted by atomic mass is 16.5. The maximum atomic E-state index is 5.26. The second-order valence-corrected chi connectivity index (χ2v) is 8.68. The number of nitrogens with zero attached hydrogens (tertiary/aromatic N) is 4. The summed E-state index contributed by atoms with van der Waals surface area (Å²) in [5.74, 6) is 2.81. The van der Waals surface area contributed by atoms with Crippen molar-refractivity contribution in [2.45, 2.75) is 25.8 Å². The fourth-order valence-electron chi connectivity index (χ4n) is 4.67. The van der Waals surface area contributed by atoms with Crippen LogP contribution in [0, 0.1) is 5.92 Å². The standard InChI is InChI=1S/C25H34N4O/c1-27(19-25-26-23-8-4-5-9-24(23)28(25)2)17-21-7-6-15-29(18-21)16-14-20-10-12-22(30-3)13-11-20/h4-5,8-13,21H,6-7,14-19H2,1-3H3/t21-/m1/s1. The van der Waals surface area contributed by atoms with E-state index in [1.54, 1.807) is 7.11 Å². The van der Waals surface area contributed by atoms with Crippen LogP contribution in [-0.4, -0.2) is 59.7 Å². The third kappa shape index (κ3) is 5.02. The first-order valence-electron chi connectivity index (χ1n) is 11.1. The molecule has 1 fully saturated rings. The van der Waals surface area contributed by atoms with Crippen LogP contribution < -0.4 is 4.74 Å². The van der Waals surface area contributed by atoms with Gasteiger partial charge in [-0.05, 0) is 68.6 Å². The summed E-state index contributed by atoms with van der Waals surface area (Å²) in [7, 11) is 6.08. The van der Waals surface area contributed by atoms with Crippen molar-refractivity contribution in [1.29, 1.82) is 0 Å². The maximum Gasteiger partial charge on any atom is 0.123 e. The summed E-state index contributed by atoms with van der Waals surface area (Å²) in [6, 6.07) is 16.9. The third-order valence-electron chi connectivity index (χ3n) is 6.34. The predicted octanol–water partition coefficient (Wildman–Crippen LogP) is 3.97. The molecule has 0 saturated carbocycles. The molecule has 1 aliphatic heterocycles. The lowest BCUT2D eigenvalue weighted by Crippen LogP contribution is -2.41. The number of methoxy groups -OCH3 is 1. The van der Waals surface area contributed by atoms with E-state index in [0.29, 0.717) is 0 Å². The quantitative estimate of drug-likeness (QED) is 0.567. The largest absolute Gasteiger partial charge is 0.497 e. The van der Waals surface area contributed by atoms with Crippen LogP contribution >= 0.6 is 0 Å². The zero-order chi connectivity index (χ0) is 20.9. The van der Waals surface area contributed by atoms with Crippen molar-refractivity contribution in [2.75, 3.05) is 40.3 Å². The second-order valence-electron chi connectivity index (χ2n) is 8.68.